The van der Waals surface area contributed by atoms with Gasteiger partial charge in [0.25, 0.3) is 0 Å². The number of likely N-dealkylation sites (N-methyl/N-ethyl adjacent to an activating group) is 1. The van der Waals surface area contributed by atoms with Crippen molar-refractivity contribution in [2.75, 3.05) is 13.6 Å². The summed E-state index contributed by atoms with van der Waals surface area (Å²) in [5.41, 5.74) is 2.29. The number of nitrogens with one attached hydrogen (secondary N) is 3. The third-order valence-corrected chi connectivity index (χ3v) is 7.03. The first kappa shape index (κ1) is 20.9. The van der Waals surface area contributed by atoms with Crippen LogP contribution in [0.25, 0.3) is 10.9 Å². The molecule has 30 heavy (non-hydrogen) atoms. The van der Waals surface area contributed by atoms with E-state index in [0.717, 1.165) is 50.6 Å². The minimum absolute atomic E-state index is 0.0679. The van der Waals surface area contributed by atoms with E-state index in [-0.39, 0.29) is 29.8 Å². The van der Waals surface area contributed by atoms with E-state index in [1.54, 1.807) is 7.05 Å². The number of fused-ring (bicyclic) bond motifs is 1. The quantitative estimate of drug-likeness (QED) is 0.682. The van der Waals surface area contributed by atoms with Crippen molar-refractivity contribution in [1.82, 2.24) is 20.5 Å². The van der Waals surface area contributed by atoms with Gasteiger partial charge in [0.2, 0.25) is 11.8 Å². The molecule has 0 spiro atoms. The van der Waals surface area contributed by atoms with E-state index in [4.69, 9.17) is 0 Å². The van der Waals surface area contributed by atoms with Crippen molar-refractivity contribution >= 4 is 22.7 Å². The van der Waals surface area contributed by atoms with E-state index < -0.39 is 6.04 Å². The maximum atomic E-state index is 13.8. The van der Waals surface area contributed by atoms with Gasteiger partial charge in [-0.1, -0.05) is 37.5 Å². The van der Waals surface area contributed by atoms with Crippen LogP contribution >= 0.6 is 0 Å². The SMILES string of the molecule is CN[C@@H](C)C(=O)N[C@H](C(=O)N1CCC[C@H]1c1c[nH]c2ccccc12)C1CCCCC1. The van der Waals surface area contributed by atoms with Crippen LogP contribution in [-0.2, 0) is 9.59 Å². The average molecular weight is 411 g/mol. The zero-order chi connectivity index (χ0) is 21.1. The number of carbonyl (C=O) groups excluding carboxylic acids is 2. The van der Waals surface area contributed by atoms with Crippen molar-refractivity contribution in [3.63, 3.8) is 0 Å². The first-order valence-electron chi connectivity index (χ1n) is 11.4. The van der Waals surface area contributed by atoms with Crippen LogP contribution in [0.15, 0.2) is 30.5 Å². The third-order valence-electron chi connectivity index (χ3n) is 7.03. The maximum Gasteiger partial charge on any atom is 0.245 e. The van der Waals surface area contributed by atoms with Crippen LogP contribution in [0.1, 0.15) is 63.5 Å². The Morgan fingerprint density at radius 3 is 2.63 bits per heavy atom. The Labute approximate surface area is 178 Å². The molecule has 2 heterocycles. The molecular weight excluding hydrogens is 376 g/mol. The number of hydrogen-bond acceptors (Lipinski definition) is 3. The first-order valence-corrected chi connectivity index (χ1v) is 11.4. The van der Waals surface area contributed by atoms with Crippen LogP contribution in [0.4, 0.5) is 0 Å². The highest BCUT2D eigenvalue weighted by atomic mass is 16.2. The van der Waals surface area contributed by atoms with Crippen LogP contribution in [0.5, 0.6) is 0 Å². The summed E-state index contributed by atoms with van der Waals surface area (Å²) in [5, 5.41) is 7.29. The highest BCUT2D eigenvalue weighted by Crippen LogP contribution is 2.37. The molecule has 0 radical (unpaired) electrons. The second-order valence-corrected chi connectivity index (χ2v) is 8.87. The van der Waals surface area contributed by atoms with Gasteiger partial charge in [-0.3, -0.25) is 9.59 Å². The summed E-state index contributed by atoms with van der Waals surface area (Å²) in [7, 11) is 1.77. The smallest absolute Gasteiger partial charge is 0.245 e. The van der Waals surface area contributed by atoms with Gasteiger partial charge in [0.1, 0.15) is 6.04 Å². The van der Waals surface area contributed by atoms with E-state index >= 15 is 0 Å². The molecule has 2 aliphatic rings. The molecular formula is C24H34N4O2. The van der Waals surface area contributed by atoms with Crippen molar-refractivity contribution in [3.05, 3.63) is 36.0 Å². The topological polar surface area (TPSA) is 77.2 Å². The predicted octanol–water partition coefficient (Wildman–Crippen LogP) is 3.50. The molecule has 1 aliphatic carbocycles. The fourth-order valence-corrected chi connectivity index (χ4v) is 5.16. The van der Waals surface area contributed by atoms with Crippen molar-refractivity contribution in [3.8, 4) is 0 Å². The Morgan fingerprint density at radius 2 is 1.87 bits per heavy atom. The third kappa shape index (κ3) is 4.10. The van der Waals surface area contributed by atoms with Gasteiger partial charge >= 0.3 is 0 Å². The summed E-state index contributed by atoms with van der Waals surface area (Å²) in [6, 6.07) is 7.59. The van der Waals surface area contributed by atoms with Gasteiger partial charge in [-0.05, 0) is 57.2 Å². The van der Waals surface area contributed by atoms with Gasteiger partial charge in [0.15, 0.2) is 0 Å². The van der Waals surface area contributed by atoms with E-state index in [0.29, 0.717) is 0 Å². The van der Waals surface area contributed by atoms with E-state index in [1.807, 2.05) is 24.0 Å². The number of benzene rings is 1. The Hall–Kier alpha value is -2.34. The normalized spacial score (nSPS) is 22.2. The fraction of sp³-hybridized carbons (Fsp3) is 0.583. The first-order chi connectivity index (χ1) is 14.6. The van der Waals surface area contributed by atoms with Crippen molar-refractivity contribution in [2.45, 2.75) is 70.0 Å². The van der Waals surface area contributed by atoms with Gasteiger partial charge in [-0.2, -0.15) is 0 Å². The number of rotatable bonds is 6. The number of carbonyl (C=O) groups is 2. The van der Waals surface area contributed by atoms with Crippen LogP contribution in [0.3, 0.4) is 0 Å². The summed E-state index contributed by atoms with van der Waals surface area (Å²) in [4.78, 5) is 31.9. The molecule has 1 aromatic heterocycles. The van der Waals surface area contributed by atoms with E-state index in [1.165, 1.54) is 17.4 Å². The lowest BCUT2D eigenvalue weighted by molar-refractivity contribution is -0.139. The largest absolute Gasteiger partial charge is 0.361 e. The Bertz CT molecular complexity index is 886. The second kappa shape index (κ2) is 9.21. The molecule has 162 valence electrons. The zero-order valence-electron chi connectivity index (χ0n) is 18.1. The van der Waals surface area contributed by atoms with Crippen LogP contribution in [-0.4, -0.2) is 47.4 Å². The minimum Gasteiger partial charge on any atom is -0.361 e. The molecule has 1 aliphatic heterocycles. The molecule has 6 nitrogen and oxygen atoms in total. The Morgan fingerprint density at radius 1 is 1.10 bits per heavy atom. The minimum atomic E-state index is -0.431. The van der Waals surface area contributed by atoms with Gasteiger partial charge in [-0.25, -0.2) is 0 Å². The number of aromatic amines is 1. The molecule has 4 rings (SSSR count). The molecule has 0 bridgehead atoms. The number of likely N-dealkylation sites (tertiary alicyclic amines) is 1. The number of nitrogens with zero attached hydrogens (tertiary/aromatic N) is 1. The standard InChI is InChI=1S/C24H34N4O2/c1-16(25-2)23(29)27-22(17-9-4-3-5-10-17)24(30)28-14-8-13-21(28)19-15-26-20-12-7-6-11-18(19)20/h6-7,11-12,15-17,21-22,25-26H,3-5,8-10,13-14H2,1-2H3,(H,27,29)/t16-,21-,22-/m0/s1. The number of para-hydroxylation sites is 1. The summed E-state index contributed by atoms with van der Waals surface area (Å²) in [6.07, 6.45) is 9.53. The molecule has 1 saturated carbocycles. The molecule has 2 amide bonds. The second-order valence-electron chi connectivity index (χ2n) is 8.87. The summed E-state index contributed by atoms with van der Waals surface area (Å²) < 4.78 is 0. The van der Waals surface area contributed by atoms with Crippen molar-refractivity contribution < 1.29 is 9.59 Å². The molecule has 1 aromatic carbocycles. The summed E-state index contributed by atoms with van der Waals surface area (Å²) >= 11 is 0. The van der Waals surface area contributed by atoms with Gasteiger partial charge in [0.05, 0.1) is 12.1 Å². The van der Waals surface area contributed by atoms with Crippen molar-refractivity contribution in [1.29, 1.82) is 0 Å². The monoisotopic (exact) mass is 410 g/mol. The van der Waals surface area contributed by atoms with E-state index in [9.17, 15) is 9.59 Å². The predicted molar refractivity (Wildman–Crippen MR) is 119 cm³/mol. The van der Waals surface area contributed by atoms with Crippen LogP contribution in [0, 0.1) is 5.92 Å². The van der Waals surface area contributed by atoms with Gasteiger partial charge < -0.3 is 20.5 Å². The highest BCUT2D eigenvalue weighted by molar-refractivity contribution is 5.91. The number of hydrogen-bond donors (Lipinski definition) is 3. The summed E-state index contributed by atoms with van der Waals surface area (Å²) in [5.74, 6) is 0.221. The maximum absolute atomic E-state index is 13.8. The molecule has 0 unspecified atom stereocenters. The molecule has 6 heteroatoms. The molecule has 2 aromatic rings. The Kier molecular flexibility index (Phi) is 6.42. The molecule has 2 fully saturated rings. The highest BCUT2D eigenvalue weighted by Gasteiger charge is 2.39. The average Bonchev–Trinajstić information content (AvgIpc) is 3.43. The van der Waals surface area contributed by atoms with Gasteiger partial charge in [0, 0.05) is 23.6 Å². The Balaban J connectivity index is 1.59. The lowest BCUT2D eigenvalue weighted by atomic mass is 9.83. The van der Waals surface area contributed by atoms with Gasteiger partial charge in [-0.15, -0.1) is 0 Å². The number of amides is 2. The number of H-pyrrole nitrogens is 1. The zero-order valence-corrected chi connectivity index (χ0v) is 18.1. The molecule has 3 N–H and O–H groups in total. The molecule has 3 atom stereocenters. The van der Waals surface area contributed by atoms with Crippen molar-refractivity contribution in [2.24, 2.45) is 5.92 Å². The number of aromatic nitrogens is 1. The lowest BCUT2D eigenvalue weighted by Gasteiger charge is -2.35. The molecule has 1 saturated heterocycles. The fourth-order valence-electron chi connectivity index (χ4n) is 5.16. The van der Waals surface area contributed by atoms with Crippen LogP contribution in [0.2, 0.25) is 0 Å². The summed E-state index contributed by atoms with van der Waals surface area (Å²) in [6.45, 7) is 2.59. The van der Waals surface area contributed by atoms with E-state index in [2.05, 4.69) is 33.9 Å². The lowest BCUT2D eigenvalue weighted by Crippen LogP contribution is -2.55. The van der Waals surface area contributed by atoms with Crippen LogP contribution < -0.4 is 10.6 Å².